The number of halogens is 1. The van der Waals surface area contributed by atoms with E-state index in [1.165, 1.54) is 12.1 Å². The molecule has 2 aromatic rings. The normalized spacial score (nSPS) is 15.5. The van der Waals surface area contributed by atoms with Gasteiger partial charge in [-0.3, -0.25) is 4.79 Å². The molecule has 0 atom stereocenters. The molecule has 0 N–H and O–H groups in total. The van der Waals surface area contributed by atoms with Crippen LogP contribution < -0.4 is 19.3 Å². The molecule has 6 heteroatoms. The van der Waals surface area contributed by atoms with Gasteiger partial charge >= 0.3 is 0 Å². The molecule has 0 unspecified atom stereocenters. The number of carbonyl (C=O) groups excluding carboxylic acids is 1. The number of para-hydroxylation sites is 1. The van der Waals surface area contributed by atoms with Crippen LogP contribution in [-0.4, -0.2) is 38.8 Å². The molecule has 0 radical (unpaired) electrons. The van der Waals surface area contributed by atoms with Crippen LogP contribution in [0, 0.1) is 5.82 Å². The van der Waals surface area contributed by atoms with Gasteiger partial charge in [-0.05, 0) is 24.3 Å². The lowest BCUT2D eigenvalue weighted by atomic mass is 10.1. The lowest BCUT2D eigenvalue weighted by Gasteiger charge is -2.40. The Morgan fingerprint density at radius 2 is 2.04 bits per heavy atom. The van der Waals surface area contributed by atoms with Crippen LogP contribution in [0.5, 0.6) is 11.5 Å². The van der Waals surface area contributed by atoms with Gasteiger partial charge in [0, 0.05) is 19.2 Å². The molecular weight excluding hydrogens is 311 g/mol. The molecule has 124 valence electrons. The van der Waals surface area contributed by atoms with Crippen molar-refractivity contribution in [2.45, 2.75) is 0 Å². The Labute approximate surface area is 139 Å². The first kappa shape index (κ1) is 14.8. The fourth-order valence-electron chi connectivity index (χ4n) is 3.14. The van der Waals surface area contributed by atoms with Crippen LogP contribution in [-0.2, 0) is 4.79 Å². The zero-order valence-electron chi connectivity index (χ0n) is 13.1. The van der Waals surface area contributed by atoms with Crippen LogP contribution in [0.15, 0.2) is 42.5 Å². The van der Waals surface area contributed by atoms with E-state index in [1.807, 2.05) is 18.2 Å². The molecule has 1 amide bonds. The first-order valence-electron chi connectivity index (χ1n) is 7.92. The number of amides is 1. The third-order valence-corrected chi connectivity index (χ3v) is 4.26. The van der Waals surface area contributed by atoms with Crippen LogP contribution in [0.3, 0.4) is 0 Å². The molecule has 2 aromatic carbocycles. The molecule has 0 spiro atoms. The van der Waals surface area contributed by atoms with E-state index in [9.17, 15) is 9.18 Å². The number of benzene rings is 2. The second kappa shape index (κ2) is 6.03. The number of carbonyl (C=O) groups is 1. The van der Waals surface area contributed by atoms with E-state index in [2.05, 4.69) is 4.90 Å². The van der Waals surface area contributed by atoms with E-state index in [1.54, 1.807) is 17.0 Å². The van der Waals surface area contributed by atoms with Gasteiger partial charge in [-0.1, -0.05) is 12.1 Å². The van der Waals surface area contributed by atoms with Gasteiger partial charge in [0.25, 0.3) is 5.91 Å². The highest BCUT2D eigenvalue weighted by atomic mass is 19.1. The van der Waals surface area contributed by atoms with E-state index in [4.69, 9.17) is 9.47 Å². The summed E-state index contributed by atoms with van der Waals surface area (Å²) in [7, 11) is 0. The van der Waals surface area contributed by atoms with Crippen LogP contribution >= 0.6 is 0 Å². The Morgan fingerprint density at radius 1 is 1.17 bits per heavy atom. The van der Waals surface area contributed by atoms with Crippen LogP contribution in [0.1, 0.15) is 0 Å². The van der Waals surface area contributed by atoms with Crippen molar-refractivity contribution in [2.24, 2.45) is 0 Å². The SMILES string of the molecule is O=C(COc1cccc(F)c1)N1CCN2CCOc3cccc1c32. The average Bonchev–Trinajstić information content (AvgIpc) is 2.61. The number of anilines is 2. The molecule has 5 nitrogen and oxygen atoms in total. The predicted octanol–water partition coefficient (Wildman–Crippen LogP) is 2.45. The highest BCUT2D eigenvalue weighted by molar-refractivity contribution is 6.00. The maximum absolute atomic E-state index is 13.2. The summed E-state index contributed by atoms with van der Waals surface area (Å²) >= 11 is 0. The van der Waals surface area contributed by atoms with Crippen LogP contribution in [0.2, 0.25) is 0 Å². The van der Waals surface area contributed by atoms with E-state index in [0.717, 1.165) is 30.2 Å². The molecule has 0 bridgehead atoms. The quantitative estimate of drug-likeness (QED) is 0.868. The topological polar surface area (TPSA) is 42.0 Å². The zero-order chi connectivity index (χ0) is 16.5. The van der Waals surface area contributed by atoms with Crippen molar-refractivity contribution in [1.82, 2.24) is 0 Å². The fourth-order valence-corrected chi connectivity index (χ4v) is 3.14. The van der Waals surface area contributed by atoms with Gasteiger partial charge in [0.2, 0.25) is 0 Å². The van der Waals surface area contributed by atoms with Gasteiger partial charge in [-0.25, -0.2) is 4.39 Å². The van der Waals surface area contributed by atoms with Gasteiger partial charge in [-0.2, -0.15) is 0 Å². The smallest absolute Gasteiger partial charge is 0.265 e. The van der Waals surface area contributed by atoms with Gasteiger partial charge in [-0.15, -0.1) is 0 Å². The van der Waals surface area contributed by atoms with E-state index >= 15 is 0 Å². The van der Waals surface area contributed by atoms with E-state index < -0.39 is 0 Å². The van der Waals surface area contributed by atoms with Crippen molar-refractivity contribution in [3.05, 3.63) is 48.3 Å². The highest BCUT2D eigenvalue weighted by Gasteiger charge is 2.31. The number of nitrogens with zero attached hydrogens (tertiary/aromatic N) is 2. The highest BCUT2D eigenvalue weighted by Crippen LogP contribution is 2.42. The molecule has 0 aliphatic carbocycles. The minimum atomic E-state index is -0.386. The van der Waals surface area contributed by atoms with E-state index in [-0.39, 0.29) is 18.3 Å². The summed E-state index contributed by atoms with van der Waals surface area (Å²) < 4.78 is 24.3. The third kappa shape index (κ3) is 2.64. The monoisotopic (exact) mass is 328 g/mol. The van der Waals surface area contributed by atoms with Crippen molar-refractivity contribution in [2.75, 3.05) is 42.6 Å². The fraction of sp³-hybridized carbons (Fsp3) is 0.278. The molecule has 4 rings (SSSR count). The Morgan fingerprint density at radius 3 is 2.92 bits per heavy atom. The number of hydrogen-bond donors (Lipinski definition) is 0. The van der Waals surface area contributed by atoms with E-state index in [0.29, 0.717) is 18.9 Å². The largest absolute Gasteiger partial charge is 0.489 e. The minimum absolute atomic E-state index is 0.131. The summed E-state index contributed by atoms with van der Waals surface area (Å²) in [5.74, 6) is 0.614. The maximum Gasteiger partial charge on any atom is 0.265 e. The Balaban J connectivity index is 1.53. The Hall–Kier alpha value is -2.76. The van der Waals surface area contributed by atoms with Crippen LogP contribution in [0.4, 0.5) is 15.8 Å². The van der Waals surface area contributed by atoms with Crippen molar-refractivity contribution in [3.63, 3.8) is 0 Å². The average molecular weight is 328 g/mol. The second-order valence-electron chi connectivity index (χ2n) is 5.75. The zero-order valence-corrected chi connectivity index (χ0v) is 13.1. The number of rotatable bonds is 3. The molecule has 0 saturated carbocycles. The Bertz CT molecular complexity index is 781. The van der Waals surface area contributed by atoms with Gasteiger partial charge in [0.1, 0.15) is 29.6 Å². The maximum atomic E-state index is 13.2. The lowest BCUT2D eigenvalue weighted by Crippen LogP contribution is -2.48. The summed E-state index contributed by atoms with van der Waals surface area (Å²) in [6.45, 7) is 2.72. The molecule has 0 aromatic heterocycles. The number of ether oxygens (including phenoxy) is 2. The van der Waals surface area contributed by atoms with Crippen molar-refractivity contribution < 1.29 is 18.7 Å². The van der Waals surface area contributed by atoms with Crippen molar-refractivity contribution in [3.8, 4) is 11.5 Å². The molecular formula is C18H17FN2O3. The van der Waals surface area contributed by atoms with Crippen molar-refractivity contribution in [1.29, 1.82) is 0 Å². The minimum Gasteiger partial charge on any atom is -0.489 e. The first-order valence-corrected chi connectivity index (χ1v) is 7.92. The molecule has 2 aliphatic heterocycles. The third-order valence-electron chi connectivity index (χ3n) is 4.26. The lowest BCUT2D eigenvalue weighted by molar-refractivity contribution is -0.120. The first-order chi connectivity index (χ1) is 11.7. The summed E-state index contributed by atoms with van der Waals surface area (Å²) in [4.78, 5) is 16.5. The Kier molecular flexibility index (Phi) is 3.72. The summed E-state index contributed by atoms with van der Waals surface area (Å²) in [5, 5.41) is 0. The number of hydrogen-bond acceptors (Lipinski definition) is 4. The molecule has 24 heavy (non-hydrogen) atoms. The summed E-state index contributed by atoms with van der Waals surface area (Å²) in [6.07, 6.45) is 0. The second-order valence-corrected chi connectivity index (χ2v) is 5.75. The summed E-state index contributed by atoms with van der Waals surface area (Å²) in [5.41, 5.74) is 1.81. The molecule has 0 saturated heterocycles. The van der Waals surface area contributed by atoms with Crippen LogP contribution in [0.25, 0.3) is 0 Å². The summed E-state index contributed by atoms with van der Waals surface area (Å²) in [6, 6.07) is 11.5. The van der Waals surface area contributed by atoms with Gasteiger partial charge < -0.3 is 19.3 Å². The van der Waals surface area contributed by atoms with Gasteiger partial charge in [0.15, 0.2) is 6.61 Å². The molecule has 0 fully saturated rings. The van der Waals surface area contributed by atoms with Crippen molar-refractivity contribution >= 4 is 17.3 Å². The standard InChI is InChI=1S/C18H17FN2O3/c19-13-3-1-4-14(11-13)24-12-17(22)21-8-7-20-9-10-23-16-6-2-5-15(21)18(16)20/h1-6,11H,7-10,12H2. The molecule has 2 aliphatic rings. The predicted molar refractivity (Wildman–Crippen MR) is 88.4 cm³/mol. The van der Waals surface area contributed by atoms with Gasteiger partial charge in [0.05, 0.1) is 12.2 Å². The molecule has 2 heterocycles.